The van der Waals surface area contributed by atoms with Crippen LogP contribution in [0.15, 0.2) is 47.1 Å². The van der Waals surface area contributed by atoms with Crippen molar-refractivity contribution < 1.29 is 14.7 Å². The Hall–Kier alpha value is -2.84. The second-order valence-corrected chi connectivity index (χ2v) is 14.5. The molecule has 5 heteroatoms. The third kappa shape index (κ3) is 4.97. The van der Waals surface area contributed by atoms with Gasteiger partial charge in [0.25, 0.3) is 0 Å². The van der Waals surface area contributed by atoms with E-state index < -0.39 is 5.60 Å². The van der Waals surface area contributed by atoms with Gasteiger partial charge in [-0.2, -0.15) is 0 Å². The summed E-state index contributed by atoms with van der Waals surface area (Å²) in [6, 6.07) is 9.09. The Morgan fingerprint density at radius 3 is 2.39 bits per heavy atom. The highest BCUT2D eigenvalue weighted by molar-refractivity contribution is 5.93. The zero-order valence-corrected chi connectivity index (χ0v) is 25.6. The molecule has 0 aromatic heterocycles. The van der Waals surface area contributed by atoms with Crippen molar-refractivity contribution >= 4 is 17.4 Å². The first-order chi connectivity index (χ1) is 19.4. The molecular formula is C36H46N2O3. The normalized spacial score (nSPS) is 33.4. The van der Waals surface area contributed by atoms with Crippen molar-refractivity contribution in [2.45, 2.75) is 91.1 Å². The van der Waals surface area contributed by atoms with E-state index in [0.29, 0.717) is 18.3 Å². The highest BCUT2D eigenvalue weighted by atomic mass is 16.3. The van der Waals surface area contributed by atoms with Crippen LogP contribution in [0.1, 0.15) is 91.0 Å². The lowest BCUT2D eigenvalue weighted by Crippen LogP contribution is -2.51. The van der Waals surface area contributed by atoms with E-state index in [0.717, 1.165) is 64.7 Å². The molecule has 41 heavy (non-hydrogen) atoms. The van der Waals surface area contributed by atoms with E-state index >= 15 is 0 Å². The van der Waals surface area contributed by atoms with Gasteiger partial charge < -0.3 is 14.9 Å². The van der Waals surface area contributed by atoms with Crippen molar-refractivity contribution in [3.05, 3.63) is 52.6 Å². The highest BCUT2D eigenvalue weighted by Crippen LogP contribution is 2.66. The summed E-state index contributed by atoms with van der Waals surface area (Å²) in [7, 11) is 0. The molecule has 1 saturated heterocycles. The van der Waals surface area contributed by atoms with Gasteiger partial charge in [-0.25, -0.2) is 0 Å². The lowest BCUT2D eigenvalue weighted by atomic mass is 9.51. The minimum absolute atomic E-state index is 0.151. The van der Waals surface area contributed by atoms with Crippen LogP contribution in [0.4, 0.5) is 5.69 Å². The topological polar surface area (TPSA) is 60.9 Å². The lowest BCUT2D eigenvalue weighted by Gasteiger charge is -2.53. The van der Waals surface area contributed by atoms with Crippen molar-refractivity contribution in [2.75, 3.05) is 31.1 Å². The first-order valence-electron chi connectivity index (χ1n) is 15.7. The number of amides is 1. The Labute approximate surface area is 246 Å². The molecule has 6 rings (SSSR count). The van der Waals surface area contributed by atoms with Crippen LogP contribution in [0.2, 0.25) is 0 Å². The summed E-state index contributed by atoms with van der Waals surface area (Å²) in [4.78, 5) is 28.5. The molecule has 5 nitrogen and oxygen atoms in total. The number of fused-ring (bicyclic) bond motifs is 4. The molecule has 5 atom stereocenters. The van der Waals surface area contributed by atoms with Crippen LogP contribution in [-0.2, 0) is 9.59 Å². The summed E-state index contributed by atoms with van der Waals surface area (Å²) in [5, 5.41) is 12.2. The van der Waals surface area contributed by atoms with E-state index in [1.165, 1.54) is 22.4 Å². The molecule has 1 aromatic rings. The molecule has 3 fully saturated rings. The van der Waals surface area contributed by atoms with E-state index in [1.807, 2.05) is 11.0 Å². The number of rotatable bonds is 2. The predicted octanol–water partition coefficient (Wildman–Crippen LogP) is 6.04. The second-order valence-electron chi connectivity index (χ2n) is 14.5. The predicted molar refractivity (Wildman–Crippen MR) is 163 cm³/mol. The van der Waals surface area contributed by atoms with Gasteiger partial charge in [0.1, 0.15) is 5.60 Å². The number of ketones is 1. The minimum Gasteiger partial charge on any atom is -0.377 e. The average molecular weight is 555 g/mol. The molecule has 1 N–H and O–H groups in total. The van der Waals surface area contributed by atoms with Crippen LogP contribution in [0.25, 0.3) is 0 Å². The van der Waals surface area contributed by atoms with E-state index in [4.69, 9.17) is 0 Å². The smallest absolute Gasteiger partial charge is 0.219 e. The third-order valence-electron chi connectivity index (χ3n) is 10.9. The van der Waals surface area contributed by atoms with E-state index in [-0.39, 0.29) is 28.4 Å². The molecule has 5 aliphatic rings. The van der Waals surface area contributed by atoms with Gasteiger partial charge in [0.2, 0.25) is 5.91 Å². The maximum absolute atomic E-state index is 12.4. The molecule has 4 aliphatic carbocycles. The number of aliphatic hydroxyl groups is 1. The van der Waals surface area contributed by atoms with Crippen LogP contribution in [0.5, 0.6) is 0 Å². The number of piperazine rings is 1. The maximum Gasteiger partial charge on any atom is 0.219 e. The molecule has 1 heterocycles. The van der Waals surface area contributed by atoms with Crippen molar-refractivity contribution in [2.24, 2.45) is 22.7 Å². The minimum atomic E-state index is -0.992. The van der Waals surface area contributed by atoms with Gasteiger partial charge in [0.05, 0.1) is 0 Å². The van der Waals surface area contributed by atoms with E-state index in [1.54, 1.807) is 12.5 Å². The van der Waals surface area contributed by atoms with E-state index in [2.05, 4.69) is 68.7 Å². The van der Waals surface area contributed by atoms with Gasteiger partial charge in [-0.3, -0.25) is 9.59 Å². The van der Waals surface area contributed by atoms with Crippen LogP contribution in [-0.4, -0.2) is 53.5 Å². The number of allylic oxidation sites excluding steroid dienone is 4. The van der Waals surface area contributed by atoms with E-state index in [9.17, 15) is 14.7 Å². The molecular weight excluding hydrogens is 508 g/mol. The molecule has 1 aliphatic heterocycles. The number of benzene rings is 1. The number of hydrogen-bond donors (Lipinski definition) is 1. The van der Waals surface area contributed by atoms with Gasteiger partial charge in [0.15, 0.2) is 5.78 Å². The monoisotopic (exact) mass is 554 g/mol. The fourth-order valence-electron chi connectivity index (χ4n) is 8.66. The largest absolute Gasteiger partial charge is 0.377 e. The molecule has 0 spiro atoms. The summed E-state index contributed by atoms with van der Waals surface area (Å²) in [6.07, 6.45) is 8.01. The second kappa shape index (κ2) is 10.2. The standard InChI is InChI=1S/C36H46N2O3/c1-24(39)37-18-20-38(21-19-37)27-9-6-25(7-10-27)31-23-35(5)32(14-15-36(35,41)17-16-34(2,3)4)30-12-8-26-22-28(40)11-13-29(26)33(30)31/h6-7,9-10,22,30-32,41H,8,11-15,18-21,23H2,1-5H3/t30-,31+,32?,35-,36+/m0/s1. The average Bonchev–Trinajstić information content (AvgIpc) is 3.21. The number of carbonyl (C=O) groups is 2. The van der Waals surface area contributed by atoms with Crippen molar-refractivity contribution in [3.8, 4) is 11.8 Å². The quantitative estimate of drug-likeness (QED) is 0.453. The van der Waals surface area contributed by atoms with Crippen molar-refractivity contribution in [1.29, 1.82) is 0 Å². The van der Waals surface area contributed by atoms with Crippen LogP contribution >= 0.6 is 0 Å². The fourth-order valence-corrected chi connectivity index (χ4v) is 8.66. The Bertz CT molecular complexity index is 1360. The SMILES string of the molecule is CC(=O)N1CCN(c2ccc([C@H]3C[C@@]4(C)C(CC[C@@]4(O)C#CC(C)(C)C)[C@@H]4CCC5=CC(=O)CCC5=C43)cc2)CC1. The first kappa shape index (κ1) is 28.3. The highest BCUT2D eigenvalue weighted by Gasteiger charge is 2.62. The van der Waals surface area contributed by atoms with Crippen LogP contribution in [0.3, 0.4) is 0 Å². The zero-order chi connectivity index (χ0) is 29.2. The van der Waals surface area contributed by atoms with Crippen LogP contribution < -0.4 is 4.90 Å². The summed E-state index contributed by atoms with van der Waals surface area (Å²) in [5.41, 5.74) is 5.32. The fraction of sp³-hybridized carbons (Fsp3) is 0.611. The van der Waals surface area contributed by atoms with Gasteiger partial charge >= 0.3 is 0 Å². The first-order valence-corrected chi connectivity index (χ1v) is 15.7. The number of nitrogens with zero attached hydrogens (tertiary/aromatic N) is 2. The van der Waals surface area contributed by atoms with Crippen molar-refractivity contribution in [1.82, 2.24) is 4.90 Å². The molecule has 1 amide bonds. The summed E-state index contributed by atoms with van der Waals surface area (Å²) >= 11 is 0. The lowest BCUT2D eigenvalue weighted by molar-refractivity contribution is -0.129. The zero-order valence-electron chi connectivity index (χ0n) is 25.6. The maximum atomic E-state index is 12.4. The third-order valence-corrected chi connectivity index (χ3v) is 10.9. The molecule has 0 bridgehead atoms. The van der Waals surface area contributed by atoms with Gasteiger partial charge in [-0.05, 0) is 106 Å². The van der Waals surface area contributed by atoms with Crippen molar-refractivity contribution in [3.63, 3.8) is 0 Å². The Balaban J connectivity index is 1.38. The summed E-state index contributed by atoms with van der Waals surface area (Å²) in [6.45, 7) is 13.5. The molecule has 0 radical (unpaired) electrons. The Morgan fingerprint density at radius 2 is 1.73 bits per heavy atom. The van der Waals surface area contributed by atoms with Gasteiger partial charge in [-0.1, -0.05) is 36.5 Å². The summed E-state index contributed by atoms with van der Waals surface area (Å²) in [5.74, 6) is 8.28. The van der Waals surface area contributed by atoms with Crippen LogP contribution in [0, 0.1) is 34.5 Å². The summed E-state index contributed by atoms with van der Waals surface area (Å²) < 4.78 is 0. The Kier molecular flexibility index (Phi) is 7.01. The van der Waals surface area contributed by atoms with Gasteiger partial charge in [-0.15, -0.1) is 0 Å². The molecule has 218 valence electrons. The number of hydrogen-bond acceptors (Lipinski definition) is 4. The molecule has 2 saturated carbocycles. The molecule has 1 unspecified atom stereocenters. The number of carbonyl (C=O) groups excluding carboxylic acids is 2. The van der Waals surface area contributed by atoms with Gasteiger partial charge in [0, 0.05) is 62.0 Å². The Morgan fingerprint density at radius 1 is 1.02 bits per heavy atom. The molecule has 1 aromatic carbocycles. The number of anilines is 1.